The highest BCUT2D eigenvalue weighted by atomic mass is 35.5. The summed E-state index contributed by atoms with van der Waals surface area (Å²) in [6.45, 7) is 5.16. The molecule has 1 aliphatic rings. The molecule has 0 saturated carbocycles. The minimum atomic E-state index is -1.82. The molecule has 1 saturated heterocycles. The molecule has 0 aliphatic carbocycles. The highest BCUT2D eigenvalue weighted by Crippen LogP contribution is 2.34. The molecule has 0 spiro atoms. The average molecular weight is 596 g/mol. The fraction of sp³-hybridized carbons (Fsp3) is 0.323. The summed E-state index contributed by atoms with van der Waals surface area (Å²) in [5.74, 6) is -2.30. The number of carboxylic acids is 2. The Bertz CT molecular complexity index is 1460. The molecule has 1 fully saturated rings. The third-order valence-corrected chi connectivity index (χ3v) is 7.45. The number of halogens is 1. The largest absolute Gasteiger partial charge is 0.493 e. The summed E-state index contributed by atoms with van der Waals surface area (Å²) in [7, 11) is 3.27. The van der Waals surface area contributed by atoms with Crippen LogP contribution in [0.25, 0.3) is 11.0 Å². The van der Waals surface area contributed by atoms with Gasteiger partial charge >= 0.3 is 11.9 Å². The van der Waals surface area contributed by atoms with E-state index in [1.54, 1.807) is 14.2 Å². The molecular weight excluding hydrogens is 562 g/mol. The maximum absolute atomic E-state index is 9.10. The molecule has 1 aromatic heterocycles. The van der Waals surface area contributed by atoms with Crippen molar-refractivity contribution in [3.63, 3.8) is 0 Å². The van der Waals surface area contributed by atoms with Gasteiger partial charge in [0.05, 0.1) is 26.0 Å². The Morgan fingerprint density at radius 2 is 1.50 bits per heavy atom. The van der Waals surface area contributed by atoms with Gasteiger partial charge in [0.25, 0.3) is 0 Å². The van der Waals surface area contributed by atoms with Gasteiger partial charge in [-0.2, -0.15) is 0 Å². The molecule has 4 aromatic rings. The van der Waals surface area contributed by atoms with Crippen LogP contribution in [0.5, 0.6) is 11.5 Å². The number of fused-ring (bicyclic) bond motifs is 1. The number of aromatic nitrogens is 1. The number of rotatable bonds is 9. The van der Waals surface area contributed by atoms with E-state index in [4.69, 9.17) is 45.4 Å². The lowest BCUT2D eigenvalue weighted by Crippen LogP contribution is -2.48. The molecule has 1 aliphatic heterocycles. The first-order valence-corrected chi connectivity index (χ1v) is 13.9. The summed E-state index contributed by atoms with van der Waals surface area (Å²) in [5.41, 5.74) is 4.30. The highest BCUT2D eigenvalue weighted by molar-refractivity contribution is 6.30. The number of hydrogen-bond donors (Lipinski definition) is 2. The van der Waals surface area contributed by atoms with Crippen LogP contribution in [0.2, 0.25) is 5.02 Å². The SMILES string of the molecule is COc1cc2onc(CCCN3CCN(C(c4ccccc4)c4ccc(Cl)cc4)CC3)c2cc1OC.O=C(O)C(=O)O. The highest BCUT2D eigenvalue weighted by Gasteiger charge is 2.26. The molecule has 10 nitrogen and oxygen atoms in total. The number of hydrogen-bond acceptors (Lipinski definition) is 8. The molecule has 2 heterocycles. The Balaban J connectivity index is 0.000000612. The van der Waals surface area contributed by atoms with E-state index >= 15 is 0 Å². The predicted molar refractivity (Wildman–Crippen MR) is 158 cm³/mol. The minimum absolute atomic E-state index is 0.235. The van der Waals surface area contributed by atoms with Crippen molar-refractivity contribution in [3.8, 4) is 11.5 Å². The molecule has 222 valence electrons. The Hall–Kier alpha value is -4.12. The number of ether oxygens (including phenoxy) is 2. The number of piperazine rings is 1. The van der Waals surface area contributed by atoms with Crippen LogP contribution < -0.4 is 9.47 Å². The third kappa shape index (κ3) is 7.79. The average Bonchev–Trinajstić information content (AvgIpc) is 3.40. The van der Waals surface area contributed by atoms with Gasteiger partial charge < -0.3 is 29.1 Å². The first kappa shape index (κ1) is 30.8. The van der Waals surface area contributed by atoms with E-state index in [9.17, 15) is 0 Å². The number of carboxylic acid groups (broad SMARTS) is 2. The number of methoxy groups -OCH3 is 2. The number of nitrogens with zero attached hydrogens (tertiary/aromatic N) is 3. The maximum atomic E-state index is 9.10. The molecule has 2 N–H and O–H groups in total. The Kier molecular flexibility index (Phi) is 10.8. The molecule has 1 unspecified atom stereocenters. The molecule has 1 atom stereocenters. The molecule has 0 bridgehead atoms. The van der Waals surface area contributed by atoms with Gasteiger partial charge in [-0.15, -0.1) is 0 Å². The van der Waals surface area contributed by atoms with Crippen molar-refractivity contribution in [2.24, 2.45) is 0 Å². The van der Waals surface area contributed by atoms with Gasteiger partial charge in [0.2, 0.25) is 0 Å². The zero-order valence-electron chi connectivity index (χ0n) is 23.5. The van der Waals surface area contributed by atoms with Gasteiger partial charge in [0.1, 0.15) is 0 Å². The van der Waals surface area contributed by atoms with Gasteiger partial charge in [-0.05, 0) is 48.7 Å². The van der Waals surface area contributed by atoms with Crippen molar-refractivity contribution in [1.29, 1.82) is 0 Å². The lowest BCUT2D eigenvalue weighted by atomic mass is 9.96. The fourth-order valence-electron chi connectivity index (χ4n) is 5.10. The molecule has 42 heavy (non-hydrogen) atoms. The zero-order chi connectivity index (χ0) is 30.1. The van der Waals surface area contributed by atoms with E-state index < -0.39 is 11.9 Å². The normalized spacial score (nSPS) is 14.5. The van der Waals surface area contributed by atoms with E-state index in [0.717, 1.165) is 67.3 Å². The molecule has 0 radical (unpaired) electrons. The topological polar surface area (TPSA) is 126 Å². The standard InChI is InChI=1S/C29H32ClN3O3.C2H2O4/c1-34-27-19-24-25(31-36-26(24)20-28(27)35-2)9-6-14-32-15-17-33(18-16-32)29(21-7-4-3-5-8-21)22-10-12-23(30)13-11-22;3-1(4)2(5)6/h3-5,7-8,10-13,19-20,29H,6,9,14-18H2,1-2H3;(H,3,4)(H,5,6). The second-order valence-electron chi connectivity index (χ2n) is 9.79. The molecule has 0 amide bonds. The van der Waals surface area contributed by atoms with Crippen LogP contribution in [0.15, 0.2) is 71.3 Å². The van der Waals surface area contributed by atoms with E-state index in [0.29, 0.717) is 11.5 Å². The van der Waals surface area contributed by atoms with Crippen molar-refractivity contribution in [2.75, 3.05) is 46.9 Å². The number of benzene rings is 3. The summed E-state index contributed by atoms with van der Waals surface area (Å²) < 4.78 is 16.4. The molecular formula is C31H34ClN3O7. The quantitative estimate of drug-likeness (QED) is 0.255. The van der Waals surface area contributed by atoms with Crippen molar-refractivity contribution in [2.45, 2.75) is 18.9 Å². The Morgan fingerprint density at radius 1 is 0.905 bits per heavy atom. The van der Waals surface area contributed by atoms with Crippen LogP contribution in [0.3, 0.4) is 0 Å². The number of aliphatic carboxylic acids is 2. The van der Waals surface area contributed by atoms with E-state index in [1.807, 2.05) is 24.3 Å². The van der Waals surface area contributed by atoms with Gasteiger partial charge in [0.15, 0.2) is 17.1 Å². The fourth-order valence-corrected chi connectivity index (χ4v) is 5.23. The van der Waals surface area contributed by atoms with Crippen LogP contribution in [-0.2, 0) is 16.0 Å². The van der Waals surface area contributed by atoms with Crippen molar-refractivity contribution < 1.29 is 33.8 Å². The zero-order valence-corrected chi connectivity index (χ0v) is 24.3. The van der Waals surface area contributed by atoms with Gasteiger partial charge in [-0.3, -0.25) is 4.90 Å². The smallest absolute Gasteiger partial charge is 0.414 e. The second-order valence-corrected chi connectivity index (χ2v) is 10.2. The van der Waals surface area contributed by atoms with Gasteiger partial charge in [0, 0.05) is 42.7 Å². The lowest BCUT2D eigenvalue weighted by molar-refractivity contribution is -0.159. The summed E-state index contributed by atoms with van der Waals surface area (Å²) >= 11 is 6.17. The van der Waals surface area contributed by atoms with Crippen LogP contribution >= 0.6 is 11.6 Å². The summed E-state index contributed by atoms with van der Waals surface area (Å²) in [6.07, 6.45) is 1.88. The van der Waals surface area contributed by atoms with E-state index in [1.165, 1.54) is 11.1 Å². The van der Waals surface area contributed by atoms with Crippen LogP contribution in [-0.4, -0.2) is 84.1 Å². The monoisotopic (exact) mass is 595 g/mol. The molecule has 11 heteroatoms. The third-order valence-electron chi connectivity index (χ3n) is 7.19. The number of carbonyl (C=O) groups is 2. The lowest BCUT2D eigenvalue weighted by Gasteiger charge is -2.39. The first-order valence-electron chi connectivity index (χ1n) is 13.5. The Morgan fingerprint density at radius 3 is 2.10 bits per heavy atom. The molecule has 3 aromatic carbocycles. The van der Waals surface area contributed by atoms with Crippen molar-refractivity contribution >= 4 is 34.5 Å². The summed E-state index contributed by atoms with van der Waals surface area (Å²) in [6, 6.07) is 23.1. The second kappa shape index (κ2) is 14.7. The van der Waals surface area contributed by atoms with Crippen molar-refractivity contribution in [1.82, 2.24) is 15.0 Å². The summed E-state index contributed by atoms with van der Waals surface area (Å²) in [5, 5.41) is 20.9. The van der Waals surface area contributed by atoms with E-state index in [2.05, 4.69) is 57.4 Å². The molecule has 5 rings (SSSR count). The maximum Gasteiger partial charge on any atom is 0.414 e. The van der Waals surface area contributed by atoms with Gasteiger partial charge in [-0.1, -0.05) is 59.2 Å². The van der Waals surface area contributed by atoms with Crippen LogP contribution in [0.1, 0.15) is 29.3 Å². The van der Waals surface area contributed by atoms with Crippen molar-refractivity contribution in [3.05, 3.63) is 88.6 Å². The predicted octanol–water partition coefficient (Wildman–Crippen LogP) is 4.99. The van der Waals surface area contributed by atoms with E-state index in [-0.39, 0.29) is 6.04 Å². The number of aryl methyl sites for hydroxylation is 1. The van der Waals surface area contributed by atoms with Crippen LogP contribution in [0.4, 0.5) is 0 Å². The first-order chi connectivity index (χ1) is 20.3. The van der Waals surface area contributed by atoms with Crippen LogP contribution in [0, 0.1) is 0 Å². The minimum Gasteiger partial charge on any atom is -0.493 e. The summed E-state index contributed by atoms with van der Waals surface area (Å²) in [4.78, 5) is 23.3. The Labute approximate surface area is 249 Å². The van der Waals surface area contributed by atoms with Gasteiger partial charge in [-0.25, -0.2) is 9.59 Å².